The molecule has 92 valence electrons. The van der Waals surface area contributed by atoms with Crippen molar-refractivity contribution in [3.05, 3.63) is 0 Å². The second-order valence-corrected chi connectivity index (χ2v) is 5.88. The molecule has 2 aliphatic rings. The molecule has 2 rings (SSSR count). The summed E-state index contributed by atoms with van der Waals surface area (Å²) in [6.07, 6.45) is 4.90. The summed E-state index contributed by atoms with van der Waals surface area (Å²) in [6.45, 7) is 4.64. The lowest BCUT2D eigenvalue weighted by atomic mass is 10.1. The van der Waals surface area contributed by atoms with Crippen LogP contribution in [0.3, 0.4) is 0 Å². The zero-order chi connectivity index (χ0) is 11.7. The Bertz CT molecular complexity index is 269. The minimum Gasteiger partial charge on any atom is -0.393 e. The number of nitrogens with zero attached hydrogens (tertiary/aromatic N) is 2. The normalized spacial score (nSPS) is 33.6. The summed E-state index contributed by atoms with van der Waals surface area (Å²) in [6, 6.07) is 2.07. The summed E-state index contributed by atoms with van der Waals surface area (Å²) >= 11 is 5.01. The Balaban J connectivity index is 1.95. The van der Waals surface area contributed by atoms with Gasteiger partial charge in [0.1, 0.15) is 0 Å². The van der Waals surface area contributed by atoms with Crippen LogP contribution in [0.1, 0.15) is 32.6 Å². The summed E-state index contributed by atoms with van der Waals surface area (Å²) in [5.74, 6) is 0. The van der Waals surface area contributed by atoms with E-state index in [0.717, 1.165) is 18.5 Å². The lowest BCUT2D eigenvalue weighted by Gasteiger charge is -2.30. The molecule has 2 aliphatic heterocycles. The van der Waals surface area contributed by atoms with Gasteiger partial charge < -0.3 is 5.73 Å². The van der Waals surface area contributed by atoms with Gasteiger partial charge in [0.25, 0.3) is 0 Å². The Hall–Kier alpha value is -0.190. The summed E-state index contributed by atoms with van der Waals surface area (Å²) < 4.78 is 0. The van der Waals surface area contributed by atoms with Crippen LogP contribution in [0.2, 0.25) is 0 Å². The average molecular weight is 241 g/mol. The van der Waals surface area contributed by atoms with Crippen molar-refractivity contribution in [2.45, 2.75) is 50.7 Å². The first-order valence-electron chi connectivity index (χ1n) is 6.32. The number of likely N-dealkylation sites (N-methyl/N-ethyl adjacent to an activating group) is 1. The van der Waals surface area contributed by atoms with Crippen LogP contribution in [-0.2, 0) is 0 Å². The van der Waals surface area contributed by atoms with Crippen molar-refractivity contribution in [2.75, 3.05) is 20.1 Å². The molecule has 3 unspecified atom stereocenters. The predicted octanol–water partition coefficient (Wildman–Crippen LogP) is 1.22. The third-order valence-electron chi connectivity index (χ3n) is 4.30. The summed E-state index contributed by atoms with van der Waals surface area (Å²) in [7, 11) is 2.28. The fourth-order valence-electron chi connectivity index (χ4n) is 3.16. The zero-order valence-corrected chi connectivity index (χ0v) is 11.2. The number of fused-ring (bicyclic) bond motifs is 2. The number of nitrogens with two attached hydrogens (primary N) is 1. The van der Waals surface area contributed by atoms with Crippen molar-refractivity contribution in [3.8, 4) is 0 Å². The molecule has 0 spiro atoms. The highest BCUT2D eigenvalue weighted by Gasteiger charge is 2.35. The quantitative estimate of drug-likeness (QED) is 0.753. The minimum atomic E-state index is 0.505. The van der Waals surface area contributed by atoms with Crippen LogP contribution in [0.15, 0.2) is 0 Å². The molecule has 2 bridgehead atoms. The molecule has 2 N–H and O–H groups in total. The van der Waals surface area contributed by atoms with Crippen LogP contribution >= 0.6 is 12.2 Å². The van der Waals surface area contributed by atoms with Gasteiger partial charge in [0.15, 0.2) is 0 Å². The fourth-order valence-corrected chi connectivity index (χ4v) is 3.40. The van der Waals surface area contributed by atoms with E-state index < -0.39 is 0 Å². The lowest BCUT2D eigenvalue weighted by Crippen LogP contribution is -2.42. The maximum Gasteiger partial charge on any atom is 0.0742 e. The molecule has 0 aromatic heterocycles. The zero-order valence-electron chi connectivity index (χ0n) is 10.4. The van der Waals surface area contributed by atoms with Crippen LogP contribution in [-0.4, -0.2) is 53.1 Å². The van der Waals surface area contributed by atoms with Gasteiger partial charge >= 0.3 is 0 Å². The largest absolute Gasteiger partial charge is 0.393 e. The maximum atomic E-state index is 5.64. The van der Waals surface area contributed by atoms with E-state index in [0.29, 0.717) is 11.0 Å². The first kappa shape index (κ1) is 12.3. The number of likely N-dealkylation sites (tertiary alicyclic amines) is 1. The Morgan fingerprint density at radius 1 is 1.38 bits per heavy atom. The van der Waals surface area contributed by atoms with Gasteiger partial charge in [-0.15, -0.1) is 0 Å². The third kappa shape index (κ3) is 2.55. The minimum absolute atomic E-state index is 0.505. The molecule has 0 radical (unpaired) electrons. The Kier molecular flexibility index (Phi) is 3.82. The number of rotatable bonds is 3. The van der Waals surface area contributed by atoms with Crippen molar-refractivity contribution in [2.24, 2.45) is 5.73 Å². The van der Waals surface area contributed by atoms with E-state index in [4.69, 9.17) is 18.0 Å². The van der Waals surface area contributed by atoms with E-state index >= 15 is 0 Å². The maximum absolute atomic E-state index is 5.64. The molecule has 0 aromatic carbocycles. The van der Waals surface area contributed by atoms with Crippen molar-refractivity contribution in [1.82, 2.24) is 9.80 Å². The molecular weight excluding hydrogens is 218 g/mol. The van der Waals surface area contributed by atoms with Gasteiger partial charge in [0.05, 0.1) is 4.99 Å². The molecule has 0 amide bonds. The monoisotopic (exact) mass is 241 g/mol. The van der Waals surface area contributed by atoms with Crippen molar-refractivity contribution >= 4 is 17.2 Å². The van der Waals surface area contributed by atoms with Crippen molar-refractivity contribution in [1.29, 1.82) is 0 Å². The molecular formula is C12H23N3S. The molecule has 3 atom stereocenters. The van der Waals surface area contributed by atoms with E-state index in [1.807, 2.05) is 0 Å². The smallest absolute Gasteiger partial charge is 0.0742 e. The molecule has 3 nitrogen and oxygen atoms in total. The molecule has 0 saturated carbocycles. The third-order valence-corrected chi connectivity index (χ3v) is 4.47. The number of hydrogen-bond acceptors (Lipinski definition) is 3. The van der Waals surface area contributed by atoms with Crippen LogP contribution in [0.5, 0.6) is 0 Å². The van der Waals surface area contributed by atoms with Crippen LogP contribution in [0, 0.1) is 0 Å². The summed E-state index contributed by atoms with van der Waals surface area (Å²) in [5, 5.41) is 0. The van der Waals surface area contributed by atoms with Gasteiger partial charge in [0, 0.05) is 31.1 Å². The molecule has 0 aromatic rings. The molecule has 2 fully saturated rings. The Morgan fingerprint density at radius 2 is 2.06 bits per heavy atom. The summed E-state index contributed by atoms with van der Waals surface area (Å²) in [4.78, 5) is 5.79. The van der Waals surface area contributed by atoms with Crippen LogP contribution < -0.4 is 5.73 Å². The van der Waals surface area contributed by atoms with Crippen molar-refractivity contribution < 1.29 is 0 Å². The van der Waals surface area contributed by atoms with Crippen LogP contribution in [0.4, 0.5) is 0 Å². The van der Waals surface area contributed by atoms with E-state index in [2.05, 4.69) is 23.8 Å². The van der Waals surface area contributed by atoms with E-state index in [-0.39, 0.29) is 0 Å². The highest BCUT2D eigenvalue weighted by Crippen LogP contribution is 2.29. The average Bonchev–Trinajstić information content (AvgIpc) is 2.39. The van der Waals surface area contributed by atoms with Gasteiger partial charge in [-0.3, -0.25) is 9.80 Å². The predicted molar refractivity (Wildman–Crippen MR) is 71.6 cm³/mol. The fraction of sp³-hybridized carbons (Fsp3) is 0.917. The standard InChI is InChI=1S/C12H23N3S/c1-9(7-12(13)16)15-6-5-10-3-4-11(8-15)14(10)2/h9-11H,3-8H2,1-2H3,(H2,13,16). The SMILES string of the molecule is CC(CC(N)=S)N1CCC2CCC(C1)N2C. The van der Waals surface area contributed by atoms with Crippen LogP contribution in [0.25, 0.3) is 0 Å². The molecule has 16 heavy (non-hydrogen) atoms. The van der Waals surface area contributed by atoms with Gasteiger partial charge in [-0.1, -0.05) is 12.2 Å². The second-order valence-electron chi connectivity index (χ2n) is 5.35. The first-order valence-corrected chi connectivity index (χ1v) is 6.73. The number of thiocarbonyl (C=S) groups is 1. The molecule has 0 aliphatic carbocycles. The second kappa shape index (κ2) is 4.98. The van der Waals surface area contributed by atoms with Crippen molar-refractivity contribution in [3.63, 3.8) is 0 Å². The van der Waals surface area contributed by atoms with Gasteiger partial charge in [-0.05, 0) is 39.8 Å². The highest BCUT2D eigenvalue weighted by molar-refractivity contribution is 7.80. The van der Waals surface area contributed by atoms with E-state index in [1.54, 1.807) is 0 Å². The Labute approximate surface area is 104 Å². The van der Waals surface area contributed by atoms with Gasteiger partial charge in [-0.2, -0.15) is 0 Å². The van der Waals surface area contributed by atoms with Gasteiger partial charge in [-0.25, -0.2) is 0 Å². The van der Waals surface area contributed by atoms with Gasteiger partial charge in [0.2, 0.25) is 0 Å². The molecule has 4 heteroatoms. The Morgan fingerprint density at radius 3 is 2.75 bits per heavy atom. The lowest BCUT2D eigenvalue weighted by molar-refractivity contribution is 0.184. The van der Waals surface area contributed by atoms with E-state index in [1.165, 1.54) is 32.4 Å². The topological polar surface area (TPSA) is 32.5 Å². The number of hydrogen-bond donors (Lipinski definition) is 1. The van der Waals surface area contributed by atoms with E-state index in [9.17, 15) is 0 Å². The summed E-state index contributed by atoms with van der Waals surface area (Å²) in [5.41, 5.74) is 5.64. The highest BCUT2D eigenvalue weighted by atomic mass is 32.1. The molecule has 2 heterocycles. The first-order chi connectivity index (χ1) is 7.58. The molecule has 2 saturated heterocycles.